The Morgan fingerprint density at radius 2 is 1.71 bits per heavy atom. The lowest BCUT2D eigenvalue weighted by Crippen LogP contribution is -2.36. The van der Waals surface area contributed by atoms with Crippen LogP contribution >= 0.6 is 11.6 Å². The van der Waals surface area contributed by atoms with Gasteiger partial charge in [0.1, 0.15) is 0 Å². The second-order valence-corrected chi connectivity index (χ2v) is 6.35. The summed E-state index contributed by atoms with van der Waals surface area (Å²) in [6.45, 7) is 2.34. The second-order valence-electron chi connectivity index (χ2n) is 5.92. The molecule has 0 saturated carbocycles. The first-order valence-electron chi connectivity index (χ1n) is 7.99. The Morgan fingerprint density at radius 3 is 2.38 bits per heavy atom. The summed E-state index contributed by atoms with van der Waals surface area (Å²) in [5, 5.41) is 7.43. The SMILES string of the molecule is CN=C(NCc1cccc(Cl)c1)NCc1ccccc1CN(C)C. The number of benzene rings is 2. The Morgan fingerprint density at radius 1 is 1.00 bits per heavy atom. The third-order valence-corrected chi connectivity index (χ3v) is 3.86. The van der Waals surface area contributed by atoms with Gasteiger partial charge in [-0.1, -0.05) is 48.0 Å². The molecule has 128 valence electrons. The molecule has 0 radical (unpaired) electrons. The minimum absolute atomic E-state index is 0.680. The van der Waals surface area contributed by atoms with Crippen molar-refractivity contribution in [2.75, 3.05) is 21.1 Å². The van der Waals surface area contributed by atoms with Gasteiger partial charge in [-0.2, -0.15) is 0 Å². The lowest BCUT2D eigenvalue weighted by Gasteiger charge is -2.16. The van der Waals surface area contributed by atoms with E-state index in [2.05, 4.69) is 58.9 Å². The monoisotopic (exact) mass is 344 g/mol. The van der Waals surface area contributed by atoms with Crippen molar-refractivity contribution in [2.24, 2.45) is 4.99 Å². The Kier molecular flexibility index (Phi) is 7.09. The van der Waals surface area contributed by atoms with Crippen LogP contribution < -0.4 is 10.6 Å². The Labute approximate surface area is 149 Å². The van der Waals surface area contributed by atoms with Crippen molar-refractivity contribution < 1.29 is 0 Å². The second kappa shape index (κ2) is 9.30. The number of halogens is 1. The molecule has 0 spiro atoms. The predicted molar refractivity (Wildman–Crippen MR) is 102 cm³/mol. The predicted octanol–water partition coefficient (Wildman–Crippen LogP) is 3.27. The van der Waals surface area contributed by atoms with Gasteiger partial charge in [0.15, 0.2) is 5.96 Å². The van der Waals surface area contributed by atoms with Gasteiger partial charge in [-0.15, -0.1) is 0 Å². The smallest absolute Gasteiger partial charge is 0.191 e. The fourth-order valence-corrected chi connectivity index (χ4v) is 2.67. The normalized spacial score (nSPS) is 11.6. The highest BCUT2D eigenvalue weighted by Gasteiger charge is 2.04. The first-order chi connectivity index (χ1) is 11.6. The highest BCUT2D eigenvalue weighted by atomic mass is 35.5. The largest absolute Gasteiger partial charge is 0.352 e. The topological polar surface area (TPSA) is 39.7 Å². The maximum absolute atomic E-state index is 6.02. The minimum atomic E-state index is 0.680. The first-order valence-corrected chi connectivity index (χ1v) is 8.36. The van der Waals surface area contributed by atoms with Gasteiger partial charge in [-0.05, 0) is 42.9 Å². The average molecular weight is 345 g/mol. The van der Waals surface area contributed by atoms with Crippen molar-refractivity contribution in [2.45, 2.75) is 19.6 Å². The third kappa shape index (κ3) is 5.87. The van der Waals surface area contributed by atoms with Crippen molar-refractivity contribution in [3.05, 3.63) is 70.2 Å². The molecule has 2 N–H and O–H groups in total. The summed E-state index contributed by atoms with van der Waals surface area (Å²) in [4.78, 5) is 6.45. The zero-order valence-electron chi connectivity index (χ0n) is 14.5. The van der Waals surface area contributed by atoms with E-state index in [0.29, 0.717) is 6.54 Å². The third-order valence-electron chi connectivity index (χ3n) is 3.62. The zero-order chi connectivity index (χ0) is 17.4. The van der Waals surface area contributed by atoms with Crippen LogP contribution in [0.4, 0.5) is 0 Å². The number of aliphatic imine (C=N–C) groups is 1. The van der Waals surface area contributed by atoms with Gasteiger partial charge in [0, 0.05) is 31.7 Å². The molecule has 5 heteroatoms. The maximum Gasteiger partial charge on any atom is 0.191 e. The molecule has 0 aromatic heterocycles. The highest BCUT2D eigenvalue weighted by molar-refractivity contribution is 6.30. The molecule has 24 heavy (non-hydrogen) atoms. The number of hydrogen-bond acceptors (Lipinski definition) is 2. The van der Waals surface area contributed by atoms with E-state index >= 15 is 0 Å². The molecular formula is C19H25ClN4. The van der Waals surface area contributed by atoms with Crippen molar-refractivity contribution >= 4 is 17.6 Å². The molecule has 0 aliphatic rings. The molecule has 0 atom stereocenters. The van der Waals surface area contributed by atoms with Crippen LogP contribution in [0.25, 0.3) is 0 Å². The molecule has 0 amide bonds. The Bertz CT molecular complexity index is 683. The van der Waals surface area contributed by atoms with Crippen LogP contribution in [0.2, 0.25) is 5.02 Å². The van der Waals surface area contributed by atoms with Gasteiger partial charge < -0.3 is 15.5 Å². The van der Waals surface area contributed by atoms with E-state index in [-0.39, 0.29) is 0 Å². The summed E-state index contributed by atoms with van der Waals surface area (Å²) in [5.74, 6) is 0.773. The molecule has 0 aliphatic heterocycles. The average Bonchev–Trinajstić information content (AvgIpc) is 2.56. The van der Waals surface area contributed by atoms with Crippen LogP contribution in [0, 0.1) is 0 Å². The molecule has 2 rings (SSSR count). The van der Waals surface area contributed by atoms with Crippen LogP contribution in [-0.4, -0.2) is 32.0 Å². The van der Waals surface area contributed by atoms with Crippen LogP contribution in [0.3, 0.4) is 0 Å². The van der Waals surface area contributed by atoms with Gasteiger partial charge in [0.2, 0.25) is 0 Å². The molecule has 2 aromatic carbocycles. The number of nitrogens with zero attached hydrogens (tertiary/aromatic N) is 2. The molecule has 0 heterocycles. The summed E-state index contributed by atoms with van der Waals surface area (Å²) in [6.07, 6.45) is 0. The van der Waals surface area contributed by atoms with E-state index in [0.717, 1.165) is 29.6 Å². The molecular weight excluding hydrogens is 320 g/mol. The highest BCUT2D eigenvalue weighted by Crippen LogP contribution is 2.11. The number of hydrogen-bond donors (Lipinski definition) is 2. The lowest BCUT2D eigenvalue weighted by atomic mass is 10.1. The summed E-state index contributed by atoms with van der Waals surface area (Å²) < 4.78 is 0. The van der Waals surface area contributed by atoms with E-state index in [1.165, 1.54) is 11.1 Å². The van der Waals surface area contributed by atoms with Crippen LogP contribution in [0.1, 0.15) is 16.7 Å². The van der Waals surface area contributed by atoms with Crippen LogP contribution in [0.15, 0.2) is 53.5 Å². The van der Waals surface area contributed by atoms with E-state index in [1.54, 1.807) is 7.05 Å². The van der Waals surface area contributed by atoms with Crippen molar-refractivity contribution in [3.63, 3.8) is 0 Å². The van der Waals surface area contributed by atoms with Crippen LogP contribution in [-0.2, 0) is 19.6 Å². The molecule has 4 nitrogen and oxygen atoms in total. The standard InChI is InChI=1S/C19H25ClN4/c1-21-19(22-12-15-7-6-10-18(20)11-15)23-13-16-8-4-5-9-17(16)14-24(2)3/h4-11H,12-14H2,1-3H3,(H2,21,22,23). The first kappa shape index (κ1) is 18.3. The van der Waals surface area contributed by atoms with E-state index < -0.39 is 0 Å². The molecule has 0 unspecified atom stereocenters. The van der Waals surface area contributed by atoms with E-state index in [9.17, 15) is 0 Å². The Balaban J connectivity index is 1.92. The molecule has 0 bridgehead atoms. The van der Waals surface area contributed by atoms with Gasteiger partial charge in [0.25, 0.3) is 0 Å². The van der Waals surface area contributed by atoms with Gasteiger partial charge in [-0.3, -0.25) is 4.99 Å². The van der Waals surface area contributed by atoms with Crippen molar-refractivity contribution in [3.8, 4) is 0 Å². The van der Waals surface area contributed by atoms with E-state index in [4.69, 9.17) is 11.6 Å². The lowest BCUT2D eigenvalue weighted by molar-refractivity contribution is 0.400. The van der Waals surface area contributed by atoms with Crippen LogP contribution in [0.5, 0.6) is 0 Å². The molecule has 0 saturated heterocycles. The van der Waals surface area contributed by atoms with Gasteiger partial charge >= 0.3 is 0 Å². The molecule has 2 aromatic rings. The Hall–Kier alpha value is -2.04. The summed E-state index contributed by atoms with van der Waals surface area (Å²) in [6, 6.07) is 16.3. The number of nitrogens with one attached hydrogen (secondary N) is 2. The van der Waals surface area contributed by atoms with Crippen molar-refractivity contribution in [1.82, 2.24) is 15.5 Å². The number of guanidine groups is 1. The molecule has 0 aliphatic carbocycles. The number of rotatable bonds is 6. The van der Waals surface area contributed by atoms with Gasteiger partial charge in [-0.25, -0.2) is 0 Å². The minimum Gasteiger partial charge on any atom is -0.352 e. The summed E-state index contributed by atoms with van der Waals surface area (Å²) >= 11 is 6.02. The van der Waals surface area contributed by atoms with Crippen molar-refractivity contribution in [1.29, 1.82) is 0 Å². The van der Waals surface area contributed by atoms with Gasteiger partial charge in [0.05, 0.1) is 0 Å². The summed E-state index contributed by atoms with van der Waals surface area (Å²) in [5.41, 5.74) is 3.72. The zero-order valence-corrected chi connectivity index (χ0v) is 15.3. The van der Waals surface area contributed by atoms with E-state index in [1.807, 2.05) is 24.3 Å². The fourth-order valence-electron chi connectivity index (χ4n) is 2.46. The fraction of sp³-hybridized carbons (Fsp3) is 0.316. The summed E-state index contributed by atoms with van der Waals surface area (Å²) in [7, 11) is 5.93. The maximum atomic E-state index is 6.02. The molecule has 0 fully saturated rings. The quantitative estimate of drug-likeness (QED) is 0.624.